The van der Waals surface area contributed by atoms with E-state index >= 15 is 0 Å². The van der Waals surface area contributed by atoms with Crippen LogP contribution in [0.3, 0.4) is 0 Å². The zero-order valence-corrected chi connectivity index (χ0v) is 15.8. The van der Waals surface area contributed by atoms with Gasteiger partial charge < -0.3 is 23.7 Å². The number of nitrogens with zero attached hydrogens (tertiary/aromatic N) is 1. The molecule has 3 rings (SSSR count). The molecule has 1 heterocycles. The highest BCUT2D eigenvalue weighted by Gasteiger charge is 2.26. The molecule has 2 aromatic carbocycles. The summed E-state index contributed by atoms with van der Waals surface area (Å²) in [7, 11) is 4.41. The second-order valence-corrected chi connectivity index (χ2v) is 5.67. The normalized spacial score (nSPS) is 14.6. The van der Waals surface area contributed by atoms with E-state index in [9.17, 15) is 13.6 Å². The van der Waals surface area contributed by atoms with Crippen LogP contribution >= 0.6 is 0 Å². The highest BCUT2D eigenvalue weighted by Crippen LogP contribution is 2.41. The smallest absolute Gasteiger partial charge is 0.387 e. The van der Waals surface area contributed by atoms with Crippen LogP contribution in [0.1, 0.15) is 11.1 Å². The lowest BCUT2D eigenvalue weighted by molar-refractivity contribution is -0.129. The number of methoxy groups -OCH3 is 3. The van der Waals surface area contributed by atoms with Gasteiger partial charge in [-0.3, -0.25) is 0 Å². The maximum absolute atomic E-state index is 12.4. The van der Waals surface area contributed by atoms with E-state index in [0.29, 0.717) is 28.4 Å². The van der Waals surface area contributed by atoms with Crippen molar-refractivity contribution in [1.29, 1.82) is 0 Å². The van der Waals surface area contributed by atoms with Crippen LogP contribution in [0.2, 0.25) is 0 Å². The summed E-state index contributed by atoms with van der Waals surface area (Å²) in [6, 6.07) is 9.04. The first-order valence-electron chi connectivity index (χ1n) is 8.33. The summed E-state index contributed by atoms with van der Waals surface area (Å²) in [5, 5.41) is 0. The highest BCUT2D eigenvalue weighted by atomic mass is 19.3. The first kappa shape index (κ1) is 20.1. The number of alkyl halides is 2. The van der Waals surface area contributed by atoms with Crippen molar-refractivity contribution in [2.24, 2.45) is 4.99 Å². The van der Waals surface area contributed by atoms with E-state index in [0.717, 1.165) is 0 Å². The van der Waals surface area contributed by atoms with Gasteiger partial charge in [0, 0.05) is 11.1 Å². The van der Waals surface area contributed by atoms with Crippen molar-refractivity contribution < 1.29 is 37.3 Å². The van der Waals surface area contributed by atoms with Gasteiger partial charge in [0.1, 0.15) is 5.75 Å². The minimum atomic E-state index is -2.97. The quantitative estimate of drug-likeness (QED) is 0.517. The second-order valence-electron chi connectivity index (χ2n) is 5.67. The van der Waals surface area contributed by atoms with Crippen LogP contribution in [-0.4, -0.2) is 39.8 Å². The summed E-state index contributed by atoms with van der Waals surface area (Å²) in [4.78, 5) is 16.4. The lowest BCUT2D eigenvalue weighted by Crippen LogP contribution is -2.07. The molecule has 9 heteroatoms. The molecular weight excluding hydrogens is 388 g/mol. The fraction of sp³-hybridized carbons (Fsp3) is 0.200. The number of cyclic esters (lactones) is 1. The number of hydrogen-bond acceptors (Lipinski definition) is 7. The summed E-state index contributed by atoms with van der Waals surface area (Å²) < 4.78 is 50.3. The summed E-state index contributed by atoms with van der Waals surface area (Å²) in [5.74, 6) is 0.369. The van der Waals surface area contributed by atoms with Gasteiger partial charge in [-0.1, -0.05) is 6.07 Å². The molecular formula is C20H17F2NO6. The van der Waals surface area contributed by atoms with Crippen molar-refractivity contribution in [3.8, 4) is 23.0 Å². The van der Waals surface area contributed by atoms with Gasteiger partial charge in [-0.15, -0.1) is 0 Å². The molecule has 7 nitrogen and oxygen atoms in total. The molecule has 2 aromatic rings. The van der Waals surface area contributed by atoms with Crippen molar-refractivity contribution in [2.75, 3.05) is 21.3 Å². The molecule has 1 aliphatic rings. The van der Waals surface area contributed by atoms with Gasteiger partial charge in [-0.05, 0) is 36.4 Å². The van der Waals surface area contributed by atoms with Crippen LogP contribution in [0.4, 0.5) is 8.78 Å². The molecule has 0 radical (unpaired) electrons. The van der Waals surface area contributed by atoms with Gasteiger partial charge in [-0.2, -0.15) is 8.78 Å². The lowest BCUT2D eigenvalue weighted by atomic mass is 10.1. The van der Waals surface area contributed by atoms with Crippen LogP contribution in [0.25, 0.3) is 6.08 Å². The van der Waals surface area contributed by atoms with Crippen molar-refractivity contribution in [3.63, 3.8) is 0 Å². The van der Waals surface area contributed by atoms with Gasteiger partial charge >= 0.3 is 12.6 Å². The SMILES string of the molecule is COc1ccc(/C=C2/N=C(c3cccc(OC(F)F)c3)OC2=O)c(OC)c1OC. The third-order valence-corrected chi connectivity index (χ3v) is 3.95. The predicted molar refractivity (Wildman–Crippen MR) is 99.8 cm³/mol. The van der Waals surface area contributed by atoms with Crippen LogP contribution < -0.4 is 18.9 Å². The Labute approximate surface area is 165 Å². The molecule has 0 bridgehead atoms. The molecule has 0 spiro atoms. The Kier molecular flexibility index (Phi) is 5.96. The Morgan fingerprint density at radius 3 is 2.45 bits per heavy atom. The monoisotopic (exact) mass is 405 g/mol. The number of ether oxygens (including phenoxy) is 5. The molecule has 0 N–H and O–H groups in total. The summed E-state index contributed by atoms with van der Waals surface area (Å²) >= 11 is 0. The molecule has 29 heavy (non-hydrogen) atoms. The largest absolute Gasteiger partial charge is 0.493 e. The van der Waals surface area contributed by atoms with Crippen LogP contribution in [-0.2, 0) is 9.53 Å². The molecule has 0 atom stereocenters. The van der Waals surface area contributed by atoms with E-state index in [2.05, 4.69) is 9.73 Å². The van der Waals surface area contributed by atoms with Gasteiger partial charge in [0.15, 0.2) is 17.2 Å². The molecule has 152 valence electrons. The number of hydrogen-bond donors (Lipinski definition) is 0. The van der Waals surface area contributed by atoms with Crippen LogP contribution in [0.15, 0.2) is 47.1 Å². The van der Waals surface area contributed by atoms with Crippen molar-refractivity contribution in [3.05, 3.63) is 53.2 Å². The van der Waals surface area contributed by atoms with Gasteiger partial charge in [0.05, 0.1) is 21.3 Å². The fourth-order valence-electron chi connectivity index (χ4n) is 2.72. The standard InChI is InChI=1S/C20H17F2NO6/c1-25-15-8-7-11(16(26-2)17(15)27-3)10-14-19(24)29-18(23-14)12-5-4-6-13(9-12)28-20(21)22/h4-10,20H,1-3H3/b14-10+. The van der Waals surface area contributed by atoms with Crippen LogP contribution in [0, 0.1) is 0 Å². The van der Waals surface area contributed by atoms with Gasteiger partial charge in [0.25, 0.3) is 0 Å². The Hall–Kier alpha value is -3.62. The molecule has 1 aliphatic heterocycles. The topological polar surface area (TPSA) is 75.6 Å². The fourth-order valence-corrected chi connectivity index (χ4v) is 2.72. The Balaban J connectivity index is 1.97. The first-order valence-corrected chi connectivity index (χ1v) is 8.33. The molecule has 0 unspecified atom stereocenters. The number of benzene rings is 2. The molecule has 0 fully saturated rings. The highest BCUT2D eigenvalue weighted by molar-refractivity contribution is 6.13. The number of rotatable bonds is 7. The molecule has 0 saturated heterocycles. The lowest BCUT2D eigenvalue weighted by Gasteiger charge is -2.14. The van der Waals surface area contributed by atoms with Crippen LogP contribution in [0.5, 0.6) is 23.0 Å². The molecule has 0 aliphatic carbocycles. The first-order chi connectivity index (χ1) is 14.0. The maximum Gasteiger partial charge on any atom is 0.387 e. The third-order valence-electron chi connectivity index (χ3n) is 3.95. The average Bonchev–Trinajstić information content (AvgIpc) is 3.07. The van der Waals surface area contributed by atoms with Crippen molar-refractivity contribution >= 4 is 17.9 Å². The molecule has 0 amide bonds. The van der Waals surface area contributed by atoms with E-state index in [4.69, 9.17) is 18.9 Å². The number of aliphatic imine (C=N–C) groups is 1. The third kappa shape index (κ3) is 4.29. The predicted octanol–water partition coefficient (Wildman–Crippen LogP) is 3.66. The average molecular weight is 405 g/mol. The number of halogens is 2. The Morgan fingerprint density at radius 1 is 1.03 bits per heavy atom. The summed E-state index contributed by atoms with van der Waals surface area (Å²) in [5.41, 5.74) is 0.835. The van der Waals surface area contributed by atoms with Gasteiger partial charge in [0.2, 0.25) is 11.6 Å². The summed E-state index contributed by atoms with van der Waals surface area (Å²) in [6.45, 7) is -2.97. The second kappa shape index (κ2) is 8.59. The number of esters is 1. The van der Waals surface area contributed by atoms with E-state index in [-0.39, 0.29) is 17.3 Å². The summed E-state index contributed by atoms with van der Waals surface area (Å²) in [6.07, 6.45) is 1.47. The Morgan fingerprint density at radius 2 is 1.79 bits per heavy atom. The van der Waals surface area contributed by atoms with E-state index in [1.54, 1.807) is 18.2 Å². The molecule has 0 aromatic heterocycles. The number of carbonyl (C=O) groups is 1. The molecule has 0 saturated carbocycles. The van der Waals surface area contributed by atoms with Crippen molar-refractivity contribution in [2.45, 2.75) is 6.61 Å². The Bertz CT molecular complexity index is 987. The van der Waals surface area contributed by atoms with E-state index in [1.807, 2.05) is 0 Å². The minimum Gasteiger partial charge on any atom is -0.493 e. The van der Waals surface area contributed by atoms with E-state index in [1.165, 1.54) is 45.6 Å². The maximum atomic E-state index is 12.4. The van der Waals surface area contributed by atoms with E-state index < -0.39 is 12.6 Å². The number of carbonyl (C=O) groups excluding carboxylic acids is 1. The zero-order valence-electron chi connectivity index (χ0n) is 15.8. The van der Waals surface area contributed by atoms with Crippen molar-refractivity contribution in [1.82, 2.24) is 0 Å². The minimum absolute atomic E-state index is 0.00528. The van der Waals surface area contributed by atoms with Gasteiger partial charge in [-0.25, -0.2) is 9.79 Å². The zero-order chi connectivity index (χ0) is 21.0.